The van der Waals surface area contributed by atoms with E-state index in [4.69, 9.17) is 10.3 Å². The lowest BCUT2D eigenvalue weighted by Crippen LogP contribution is -2.44. The molecule has 0 aliphatic heterocycles. The Labute approximate surface area is 164 Å². The van der Waals surface area contributed by atoms with Crippen LogP contribution in [0.25, 0.3) is 11.5 Å². The van der Waals surface area contributed by atoms with E-state index >= 15 is 0 Å². The minimum absolute atomic E-state index is 0. The third-order valence-electron chi connectivity index (χ3n) is 4.78. The van der Waals surface area contributed by atoms with Crippen molar-refractivity contribution in [1.29, 1.82) is 0 Å². The summed E-state index contributed by atoms with van der Waals surface area (Å²) in [6, 6.07) is 15.6. The van der Waals surface area contributed by atoms with E-state index in [0.717, 1.165) is 24.8 Å². The van der Waals surface area contributed by atoms with Crippen molar-refractivity contribution in [1.82, 2.24) is 10.1 Å². The van der Waals surface area contributed by atoms with Gasteiger partial charge in [-0.05, 0) is 49.1 Å². The maximum atomic E-state index is 12.6. The summed E-state index contributed by atoms with van der Waals surface area (Å²) in [5.74, 6) is 0.830. The fourth-order valence-corrected chi connectivity index (χ4v) is 4.35. The summed E-state index contributed by atoms with van der Waals surface area (Å²) in [5, 5.41) is 3.98. The van der Waals surface area contributed by atoms with Crippen LogP contribution in [0.15, 0.2) is 64.0 Å². The zero-order valence-corrected chi connectivity index (χ0v) is 16.2. The van der Waals surface area contributed by atoms with Gasteiger partial charge in [0.25, 0.3) is 5.89 Å². The van der Waals surface area contributed by atoms with Crippen molar-refractivity contribution >= 4 is 22.2 Å². The predicted octanol–water partition coefficient (Wildman–Crippen LogP) is 3.47. The first kappa shape index (κ1) is 19.5. The van der Waals surface area contributed by atoms with Gasteiger partial charge in [0.15, 0.2) is 15.7 Å². The Kier molecular flexibility index (Phi) is 5.37. The lowest BCUT2D eigenvalue weighted by molar-refractivity contribution is 0.229. The molecule has 1 aliphatic carbocycles. The van der Waals surface area contributed by atoms with Gasteiger partial charge in [-0.1, -0.05) is 35.5 Å². The number of benzene rings is 2. The molecule has 0 spiro atoms. The molecule has 1 heterocycles. The number of rotatable bonds is 5. The molecule has 1 aliphatic rings. The number of hydrogen-bond acceptors (Lipinski definition) is 6. The average Bonchev–Trinajstić information content (AvgIpc) is 3.11. The Morgan fingerprint density at radius 1 is 1.04 bits per heavy atom. The second-order valence-electron chi connectivity index (χ2n) is 6.70. The molecular weight excluding hydrogens is 386 g/mol. The highest BCUT2D eigenvalue weighted by Crippen LogP contribution is 2.37. The topological polar surface area (TPSA) is 99.1 Å². The first-order chi connectivity index (χ1) is 12.5. The molecule has 1 saturated carbocycles. The Bertz CT molecular complexity index is 1010. The van der Waals surface area contributed by atoms with Crippen LogP contribution in [0.5, 0.6) is 0 Å². The molecule has 0 bridgehead atoms. The van der Waals surface area contributed by atoms with Crippen molar-refractivity contribution in [2.24, 2.45) is 5.73 Å². The Balaban J connectivity index is 0.00000210. The lowest BCUT2D eigenvalue weighted by Gasteiger charge is -2.34. The summed E-state index contributed by atoms with van der Waals surface area (Å²) in [7, 11) is -3.41. The molecule has 2 aromatic carbocycles. The van der Waals surface area contributed by atoms with Gasteiger partial charge in [0.2, 0.25) is 0 Å². The largest absolute Gasteiger partial charge is 0.334 e. The summed E-state index contributed by atoms with van der Waals surface area (Å²) in [4.78, 5) is 4.64. The summed E-state index contributed by atoms with van der Waals surface area (Å²) in [6.07, 6.45) is 2.76. The van der Waals surface area contributed by atoms with Crippen molar-refractivity contribution in [3.05, 3.63) is 66.0 Å². The van der Waals surface area contributed by atoms with Crippen LogP contribution in [0, 0.1) is 0 Å². The van der Waals surface area contributed by atoms with Crippen molar-refractivity contribution in [2.75, 3.05) is 0 Å². The number of sulfone groups is 1. The smallest absolute Gasteiger partial charge is 0.257 e. The number of nitrogens with two attached hydrogens (primary N) is 1. The van der Waals surface area contributed by atoms with Gasteiger partial charge in [-0.15, -0.1) is 12.4 Å². The molecule has 27 heavy (non-hydrogen) atoms. The SMILES string of the molecule is Cl.NC1(c2noc(-c3ccc(S(=O)(=O)Cc4ccccc4)cc3)n2)CCC1. The van der Waals surface area contributed by atoms with E-state index in [2.05, 4.69) is 10.1 Å². The standard InChI is InChI=1S/C19H19N3O3S.ClH/c20-19(11-4-12-19)18-21-17(25-22-18)15-7-9-16(10-8-15)26(23,24)13-14-5-2-1-3-6-14;/h1-3,5-10H,4,11-13,20H2;1H. The van der Waals surface area contributed by atoms with Gasteiger partial charge in [0.1, 0.15) is 0 Å². The molecule has 0 radical (unpaired) electrons. The van der Waals surface area contributed by atoms with Gasteiger partial charge in [0, 0.05) is 5.56 Å². The molecule has 6 nitrogen and oxygen atoms in total. The van der Waals surface area contributed by atoms with Crippen LogP contribution in [0.1, 0.15) is 30.7 Å². The summed E-state index contributed by atoms with van der Waals surface area (Å²) >= 11 is 0. The molecule has 8 heteroatoms. The fourth-order valence-electron chi connectivity index (χ4n) is 3.01. The first-order valence-corrected chi connectivity index (χ1v) is 10.1. The van der Waals surface area contributed by atoms with Crippen LogP contribution in [0.3, 0.4) is 0 Å². The third kappa shape index (κ3) is 3.90. The zero-order valence-electron chi connectivity index (χ0n) is 14.5. The van der Waals surface area contributed by atoms with E-state index in [-0.39, 0.29) is 23.1 Å². The fraction of sp³-hybridized carbons (Fsp3) is 0.263. The van der Waals surface area contributed by atoms with Crippen LogP contribution in [0.4, 0.5) is 0 Å². The third-order valence-corrected chi connectivity index (χ3v) is 6.48. The van der Waals surface area contributed by atoms with E-state index in [1.807, 2.05) is 18.2 Å². The second-order valence-corrected chi connectivity index (χ2v) is 8.69. The number of hydrogen-bond donors (Lipinski definition) is 1. The van der Waals surface area contributed by atoms with E-state index in [0.29, 0.717) is 17.3 Å². The van der Waals surface area contributed by atoms with E-state index in [9.17, 15) is 8.42 Å². The number of aromatic nitrogens is 2. The zero-order chi connectivity index (χ0) is 18.2. The Morgan fingerprint density at radius 2 is 1.70 bits per heavy atom. The van der Waals surface area contributed by atoms with E-state index < -0.39 is 15.4 Å². The highest BCUT2D eigenvalue weighted by atomic mass is 35.5. The van der Waals surface area contributed by atoms with Crippen molar-refractivity contribution in [3.63, 3.8) is 0 Å². The van der Waals surface area contributed by atoms with Gasteiger partial charge in [0.05, 0.1) is 16.2 Å². The van der Waals surface area contributed by atoms with Crippen LogP contribution >= 0.6 is 12.4 Å². The molecule has 2 N–H and O–H groups in total. The minimum atomic E-state index is -3.41. The van der Waals surface area contributed by atoms with Gasteiger partial charge in [-0.2, -0.15) is 4.98 Å². The maximum absolute atomic E-state index is 12.6. The van der Waals surface area contributed by atoms with Crippen LogP contribution in [-0.2, 0) is 21.1 Å². The Hall–Kier alpha value is -2.22. The summed E-state index contributed by atoms with van der Waals surface area (Å²) in [5.41, 5.74) is 7.15. The van der Waals surface area contributed by atoms with Gasteiger partial charge >= 0.3 is 0 Å². The minimum Gasteiger partial charge on any atom is -0.334 e. The first-order valence-electron chi connectivity index (χ1n) is 8.47. The maximum Gasteiger partial charge on any atom is 0.257 e. The lowest BCUT2D eigenvalue weighted by atomic mass is 9.77. The summed E-state index contributed by atoms with van der Waals surface area (Å²) < 4.78 is 30.4. The van der Waals surface area contributed by atoms with Crippen LogP contribution in [-0.4, -0.2) is 18.6 Å². The highest BCUT2D eigenvalue weighted by Gasteiger charge is 2.39. The predicted molar refractivity (Wildman–Crippen MR) is 104 cm³/mol. The molecule has 1 fully saturated rings. The number of halogens is 1. The van der Waals surface area contributed by atoms with Gasteiger partial charge in [-0.3, -0.25) is 0 Å². The van der Waals surface area contributed by atoms with E-state index in [1.54, 1.807) is 36.4 Å². The van der Waals surface area contributed by atoms with Crippen molar-refractivity contribution < 1.29 is 12.9 Å². The quantitative estimate of drug-likeness (QED) is 0.697. The molecule has 0 unspecified atom stereocenters. The molecule has 3 aromatic rings. The Morgan fingerprint density at radius 3 is 2.30 bits per heavy atom. The molecule has 0 atom stereocenters. The average molecular weight is 406 g/mol. The molecule has 1 aromatic heterocycles. The summed E-state index contributed by atoms with van der Waals surface area (Å²) in [6.45, 7) is 0. The highest BCUT2D eigenvalue weighted by molar-refractivity contribution is 7.90. The molecular formula is C19H20ClN3O3S. The molecule has 0 amide bonds. The van der Waals surface area contributed by atoms with Crippen molar-refractivity contribution in [2.45, 2.75) is 35.4 Å². The van der Waals surface area contributed by atoms with Gasteiger partial charge < -0.3 is 10.3 Å². The molecule has 142 valence electrons. The number of nitrogens with zero attached hydrogens (tertiary/aromatic N) is 2. The molecule has 0 saturated heterocycles. The second kappa shape index (κ2) is 7.42. The van der Waals surface area contributed by atoms with Crippen molar-refractivity contribution in [3.8, 4) is 11.5 Å². The molecule has 4 rings (SSSR count). The van der Waals surface area contributed by atoms with E-state index in [1.165, 1.54) is 0 Å². The van der Waals surface area contributed by atoms with Crippen LogP contribution in [0.2, 0.25) is 0 Å². The van der Waals surface area contributed by atoms with Crippen LogP contribution < -0.4 is 5.73 Å². The monoisotopic (exact) mass is 405 g/mol. The normalized spacial score (nSPS) is 15.6. The van der Waals surface area contributed by atoms with Gasteiger partial charge in [-0.25, -0.2) is 8.42 Å².